The SMILES string of the molecule is Cc1nn(CC(=O)NCc2cccc3c2CCOC3)c2ncccc12. The van der Waals surface area contributed by atoms with Crippen LogP contribution in [0.3, 0.4) is 0 Å². The van der Waals surface area contributed by atoms with Crippen molar-refractivity contribution in [1.82, 2.24) is 20.1 Å². The molecule has 1 N–H and O–H groups in total. The topological polar surface area (TPSA) is 69.0 Å². The van der Waals surface area contributed by atoms with Gasteiger partial charge >= 0.3 is 0 Å². The summed E-state index contributed by atoms with van der Waals surface area (Å²) in [6, 6.07) is 10.0. The molecule has 6 heteroatoms. The Morgan fingerprint density at radius 1 is 1.32 bits per heavy atom. The van der Waals surface area contributed by atoms with Gasteiger partial charge in [-0.2, -0.15) is 5.10 Å². The molecule has 0 bridgehead atoms. The molecule has 4 rings (SSSR count). The zero-order valence-electron chi connectivity index (χ0n) is 14.2. The van der Waals surface area contributed by atoms with Crippen LogP contribution in [0.5, 0.6) is 0 Å². The zero-order chi connectivity index (χ0) is 17.2. The van der Waals surface area contributed by atoms with Crippen molar-refractivity contribution in [2.24, 2.45) is 0 Å². The average Bonchev–Trinajstić information content (AvgIpc) is 2.96. The van der Waals surface area contributed by atoms with Crippen molar-refractivity contribution >= 4 is 16.9 Å². The van der Waals surface area contributed by atoms with Crippen LogP contribution >= 0.6 is 0 Å². The Bertz CT molecular complexity index is 932. The van der Waals surface area contributed by atoms with E-state index < -0.39 is 0 Å². The van der Waals surface area contributed by atoms with E-state index in [1.54, 1.807) is 10.9 Å². The van der Waals surface area contributed by atoms with Gasteiger partial charge in [-0.1, -0.05) is 18.2 Å². The van der Waals surface area contributed by atoms with Crippen molar-refractivity contribution in [1.29, 1.82) is 0 Å². The predicted molar refractivity (Wildman–Crippen MR) is 93.9 cm³/mol. The van der Waals surface area contributed by atoms with Gasteiger partial charge in [0, 0.05) is 18.1 Å². The van der Waals surface area contributed by atoms with Gasteiger partial charge in [-0.3, -0.25) is 4.79 Å². The fourth-order valence-electron chi connectivity index (χ4n) is 3.33. The maximum atomic E-state index is 12.4. The van der Waals surface area contributed by atoms with Gasteiger partial charge in [0.05, 0.1) is 18.9 Å². The van der Waals surface area contributed by atoms with E-state index in [2.05, 4.69) is 27.5 Å². The fourth-order valence-corrected chi connectivity index (χ4v) is 3.33. The molecule has 0 radical (unpaired) electrons. The third kappa shape index (κ3) is 3.13. The van der Waals surface area contributed by atoms with E-state index in [-0.39, 0.29) is 12.5 Å². The minimum Gasteiger partial charge on any atom is -0.376 e. The van der Waals surface area contributed by atoms with Gasteiger partial charge in [-0.05, 0) is 42.2 Å². The van der Waals surface area contributed by atoms with Gasteiger partial charge < -0.3 is 10.1 Å². The fraction of sp³-hybridized carbons (Fsp3) is 0.316. The molecule has 0 spiro atoms. The Balaban J connectivity index is 1.46. The third-order valence-electron chi connectivity index (χ3n) is 4.59. The molecule has 1 aliphatic rings. The quantitative estimate of drug-likeness (QED) is 0.792. The summed E-state index contributed by atoms with van der Waals surface area (Å²) >= 11 is 0. The number of nitrogens with zero attached hydrogens (tertiary/aromatic N) is 3. The van der Waals surface area contributed by atoms with Crippen molar-refractivity contribution in [2.75, 3.05) is 6.61 Å². The van der Waals surface area contributed by atoms with Crippen molar-refractivity contribution < 1.29 is 9.53 Å². The number of carbonyl (C=O) groups is 1. The zero-order valence-corrected chi connectivity index (χ0v) is 14.2. The highest BCUT2D eigenvalue weighted by Gasteiger charge is 2.15. The molecule has 128 valence electrons. The predicted octanol–water partition coefficient (Wildman–Crippen LogP) is 2.13. The molecule has 3 aromatic rings. The van der Waals surface area contributed by atoms with Crippen molar-refractivity contribution in [3.05, 3.63) is 58.9 Å². The summed E-state index contributed by atoms with van der Waals surface area (Å²) in [5, 5.41) is 8.41. The van der Waals surface area contributed by atoms with Crippen LogP contribution in [0.1, 0.15) is 22.4 Å². The molecule has 1 amide bonds. The number of amides is 1. The number of hydrogen-bond donors (Lipinski definition) is 1. The number of hydrogen-bond acceptors (Lipinski definition) is 4. The lowest BCUT2D eigenvalue weighted by Crippen LogP contribution is -2.28. The largest absolute Gasteiger partial charge is 0.376 e. The molecule has 0 unspecified atom stereocenters. The molecule has 3 heterocycles. The molecule has 6 nitrogen and oxygen atoms in total. The summed E-state index contributed by atoms with van der Waals surface area (Å²) in [5.74, 6) is -0.0697. The number of benzene rings is 1. The molecular formula is C19H20N4O2. The number of ether oxygens (including phenoxy) is 1. The summed E-state index contributed by atoms with van der Waals surface area (Å²) in [7, 11) is 0. The summed E-state index contributed by atoms with van der Waals surface area (Å²) in [4.78, 5) is 16.7. The average molecular weight is 336 g/mol. The van der Waals surface area contributed by atoms with Crippen LogP contribution in [0, 0.1) is 6.92 Å². The van der Waals surface area contributed by atoms with Crippen molar-refractivity contribution in [3.63, 3.8) is 0 Å². The van der Waals surface area contributed by atoms with E-state index >= 15 is 0 Å². The molecule has 1 aliphatic heterocycles. The van der Waals surface area contributed by atoms with Gasteiger partial charge in [0.15, 0.2) is 5.65 Å². The lowest BCUT2D eigenvalue weighted by molar-refractivity contribution is -0.121. The monoisotopic (exact) mass is 336 g/mol. The number of pyridine rings is 1. The standard InChI is InChI=1S/C19H20N4O2/c1-13-16-6-3-8-20-19(16)23(22-13)11-18(24)21-10-14-4-2-5-15-12-25-9-7-17(14)15/h2-6,8H,7,9-12H2,1H3,(H,21,24). The van der Waals surface area contributed by atoms with Crippen LogP contribution < -0.4 is 5.32 Å². The van der Waals surface area contributed by atoms with E-state index in [4.69, 9.17) is 4.74 Å². The number of nitrogens with one attached hydrogen (secondary N) is 1. The normalized spacial score (nSPS) is 13.6. The first-order chi connectivity index (χ1) is 12.2. The van der Waals surface area contributed by atoms with Crippen LogP contribution in [-0.4, -0.2) is 27.3 Å². The molecule has 25 heavy (non-hydrogen) atoms. The maximum absolute atomic E-state index is 12.4. The van der Waals surface area contributed by atoms with E-state index in [1.807, 2.05) is 25.1 Å². The van der Waals surface area contributed by atoms with Gasteiger partial charge in [0.1, 0.15) is 6.54 Å². The summed E-state index contributed by atoms with van der Waals surface area (Å²) in [5.41, 5.74) is 5.30. The third-order valence-corrected chi connectivity index (χ3v) is 4.59. The Morgan fingerprint density at radius 2 is 2.24 bits per heavy atom. The second kappa shape index (κ2) is 6.64. The molecule has 0 saturated heterocycles. The Kier molecular flexibility index (Phi) is 4.19. The maximum Gasteiger partial charge on any atom is 0.242 e. The number of aryl methyl sites for hydroxylation is 1. The summed E-state index contributed by atoms with van der Waals surface area (Å²) in [6.45, 7) is 4.01. The minimum atomic E-state index is -0.0697. The highest BCUT2D eigenvalue weighted by atomic mass is 16.5. The smallest absolute Gasteiger partial charge is 0.242 e. The van der Waals surface area contributed by atoms with E-state index in [0.717, 1.165) is 35.3 Å². The van der Waals surface area contributed by atoms with Crippen LogP contribution in [-0.2, 0) is 35.6 Å². The first-order valence-electron chi connectivity index (χ1n) is 8.44. The lowest BCUT2D eigenvalue weighted by Gasteiger charge is -2.20. The molecular weight excluding hydrogens is 316 g/mol. The summed E-state index contributed by atoms with van der Waals surface area (Å²) < 4.78 is 7.15. The second-order valence-electron chi connectivity index (χ2n) is 6.25. The first-order valence-corrected chi connectivity index (χ1v) is 8.44. The van der Waals surface area contributed by atoms with Crippen LogP contribution in [0.2, 0.25) is 0 Å². The van der Waals surface area contributed by atoms with Crippen LogP contribution in [0.25, 0.3) is 11.0 Å². The van der Waals surface area contributed by atoms with Crippen LogP contribution in [0.4, 0.5) is 0 Å². The van der Waals surface area contributed by atoms with Crippen LogP contribution in [0.15, 0.2) is 36.5 Å². The molecule has 0 saturated carbocycles. The van der Waals surface area contributed by atoms with Crippen molar-refractivity contribution in [3.8, 4) is 0 Å². The number of rotatable bonds is 4. The van der Waals surface area contributed by atoms with Crippen molar-refractivity contribution in [2.45, 2.75) is 33.0 Å². The number of aromatic nitrogens is 3. The molecule has 0 atom stereocenters. The van der Waals surface area contributed by atoms with Gasteiger partial charge in [-0.15, -0.1) is 0 Å². The van der Waals surface area contributed by atoms with Gasteiger partial charge in [0.2, 0.25) is 5.91 Å². The summed E-state index contributed by atoms with van der Waals surface area (Å²) in [6.07, 6.45) is 2.62. The second-order valence-corrected chi connectivity index (χ2v) is 6.25. The minimum absolute atomic E-state index is 0.0697. The van der Waals surface area contributed by atoms with E-state index in [1.165, 1.54) is 11.1 Å². The Labute approximate surface area is 145 Å². The molecule has 1 aromatic carbocycles. The lowest BCUT2D eigenvalue weighted by atomic mass is 9.97. The number of carbonyl (C=O) groups excluding carboxylic acids is 1. The van der Waals surface area contributed by atoms with Gasteiger partial charge in [0.25, 0.3) is 0 Å². The highest BCUT2D eigenvalue weighted by molar-refractivity contribution is 5.81. The first kappa shape index (κ1) is 15.8. The highest BCUT2D eigenvalue weighted by Crippen LogP contribution is 2.21. The van der Waals surface area contributed by atoms with E-state index in [0.29, 0.717) is 13.2 Å². The molecule has 2 aromatic heterocycles. The molecule has 0 aliphatic carbocycles. The van der Waals surface area contributed by atoms with E-state index in [9.17, 15) is 4.79 Å². The Hall–Kier alpha value is -2.73. The Morgan fingerprint density at radius 3 is 3.16 bits per heavy atom. The number of fused-ring (bicyclic) bond motifs is 2. The molecule has 0 fully saturated rings. The van der Waals surface area contributed by atoms with Gasteiger partial charge in [-0.25, -0.2) is 9.67 Å².